The van der Waals surface area contributed by atoms with Crippen molar-refractivity contribution >= 4 is 33.4 Å². The highest BCUT2D eigenvalue weighted by atomic mass is 32.1. The van der Waals surface area contributed by atoms with E-state index >= 15 is 0 Å². The molecule has 0 radical (unpaired) electrons. The number of hydrogen-bond donors (Lipinski definition) is 0. The fourth-order valence-electron chi connectivity index (χ4n) is 5.28. The molecular formula is C34H48N4S2. The van der Waals surface area contributed by atoms with Crippen LogP contribution in [0.25, 0.3) is 31.9 Å². The van der Waals surface area contributed by atoms with Crippen molar-refractivity contribution in [1.29, 1.82) is 0 Å². The van der Waals surface area contributed by atoms with Crippen molar-refractivity contribution < 1.29 is 0 Å². The zero-order valence-electron chi connectivity index (χ0n) is 24.8. The Labute approximate surface area is 250 Å². The van der Waals surface area contributed by atoms with E-state index in [2.05, 4.69) is 70.6 Å². The standard InChI is InChI=1S/C34H48N4S2/c1-3-5-7-9-11-13-15-17-19-31-35-37-33(39-31)28-23-21-27-22-24-29(26-30(27)25-28)34-38-36-32(40-34)20-18-16-14-12-10-8-6-4-2/h21-26H,3-20H2,1-2H3. The van der Waals surface area contributed by atoms with Crippen LogP contribution in [0.1, 0.15) is 127 Å². The molecule has 0 atom stereocenters. The maximum Gasteiger partial charge on any atom is 0.147 e. The third-order valence-corrected chi connectivity index (χ3v) is 9.82. The van der Waals surface area contributed by atoms with E-state index in [1.807, 2.05) is 0 Å². The lowest BCUT2D eigenvalue weighted by atomic mass is 10.0. The van der Waals surface area contributed by atoms with Crippen LogP contribution in [0.2, 0.25) is 0 Å². The lowest BCUT2D eigenvalue weighted by molar-refractivity contribution is 0.574. The van der Waals surface area contributed by atoms with Gasteiger partial charge in [0.05, 0.1) is 0 Å². The predicted octanol–water partition coefficient (Wildman–Crippen LogP) is 11.2. The van der Waals surface area contributed by atoms with Gasteiger partial charge in [-0.2, -0.15) is 0 Å². The van der Waals surface area contributed by atoms with Crippen LogP contribution in [0.3, 0.4) is 0 Å². The van der Waals surface area contributed by atoms with Crippen LogP contribution >= 0.6 is 22.7 Å². The number of unbranched alkanes of at least 4 members (excludes halogenated alkanes) is 14. The Bertz CT molecular complexity index is 1170. The molecule has 0 amide bonds. The number of aromatic nitrogens is 4. The van der Waals surface area contributed by atoms with Gasteiger partial charge in [-0.15, -0.1) is 20.4 Å². The topological polar surface area (TPSA) is 51.6 Å². The summed E-state index contributed by atoms with van der Waals surface area (Å²) >= 11 is 3.49. The van der Waals surface area contributed by atoms with Crippen molar-refractivity contribution in [2.45, 2.75) is 129 Å². The summed E-state index contributed by atoms with van der Waals surface area (Å²) in [6, 6.07) is 13.2. The third-order valence-electron chi connectivity index (χ3n) is 7.76. The van der Waals surface area contributed by atoms with E-state index in [0.717, 1.165) is 44.0 Å². The van der Waals surface area contributed by atoms with E-state index in [-0.39, 0.29) is 0 Å². The molecule has 6 heteroatoms. The first-order valence-electron chi connectivity index (χ1n) is 16.0. The first-order chi connectivity index (χ1) is 19.8. The van der Waals surface area contributed by atoms with Gasteiger partial charge in [-0.25, -0.2) is 0 Å². The molecule has 0 unspecified atom stereocenters. The van der Waals surface area contributed by atoms with Crippen molar-refractivity contribution in [3.8, 4) is 21.1 Å². The predicted molar refractivity (Wildman–Crippen MR) is 174 cm³/mol. The van der Waals surface area contributed by atoms with E-state index < -0.39 is 0 Å². The molecule has 0 spiro atoms. The molecule has 2 aromatic carbocycles. The van der Waals surface area contributed by atoms with Gasteiger partial charge < -0.3 is 0 Å². The highest BCUT2D eigenvalue weighted by Gasteiger charge is 2.11. The van der Waals surface area contributed by atoms with Crippen molar-refractivity contribution in [1.82, 2.24) is 20.4 Å². The summed E-state index contributed by atoms with van der Waals surface area (Å²) in [6.07, 6.45) is 23.5. The van der Waals surface area contributed by atoms with Gasteiger partial charge >= 0.3 is 0 Å². The lowest BCUT2D eigenvalue weighted by Gasteiger charge is -2.03. The fraction of sp³-hybridized carbons (Fsp3) is 0.588. The molecule has 0 N–H and O–H groups in total. The molecule has 0 bridgehead atoms. The van der Waals surface area contributed by atoms with E-state index in [1.54, 1.807) is 22.7 Å². The Morgan fingerprint density at radius 2 is 0.850 bits per heavy atom. The Hall–Kier alpha value is -2.18. The summed E-state index contributed by atoms with van der Waals surface area (Å²) in [4.78, 5) is 0. The SMILES string of the molecule is CCCCCCCCCCc1nnc(-c2ccc3ccc(-c4nnc(CCCCCCCCCC)s4)cc3c2)s1. The molecule has 40 heavy (non-hydrogen) atoms. The largest absolute Gasteiger partial charge is 0.147 e. The molecule has 0 saturated carbocycles. The van der Waals surface area contributed by atoms with Crippen LogP contribution in [0.4, 0.5) is 0 Å². The van der Waals surface area contributed by atoms with Crippen molar-refractivity contribution in [3.63, 3.8) is 0 Å². The van der Waals surface area contributed by atoms with Crippen LogP contribution in [-0.4, -0.2) is 20.4 Å². The van der Waals surface area contributed by atoms with Gasteiger partial charge in [0.2, 0.25) is 0 Å². The van der Waals surface area contributed by atoms with Crippen LogP contribution in [-0.2, 0) is 12.8 Å². The zero-order valence-corrected chi connectivity index (χ0v) is 26.4. The summed E-state index contributed by atoms with van der Waals surface area (Å²) < 4.78 is 0. The van der Waals surface area contributed by atoms with E-state index in [4.69, 9.17) is 0 Å². The highest BCUT2D eigenvalue weighted by Crippen LogP contribution is 2.31. The maximum atomic E-state index is 4.53. The molecule has 4 rings (SSSR count). The molecule has 0 aliphatic carbocycles. The van der Waals surface area contributed by atoms with Gasteiger partial charge in [0, 0.05) is 24.0 Å². The fourth-order valence-corrected chi connectivity index (χ4v) is 7.03. The van der Waals surface area contributed by atoms with Crippen LogP contribution in [0.5, 0.6) is 0 Å². The number of aryl methyl sites for hydroxylation is 2. The lowest BCUT2D eigenvalue weighted by Crippen LogP contribution is -1.86. The van der Waals surface area contributed by atoms with Crippen LogP contribution < -0.4 is 0 Å². The minimum absolute atomic E-state index is 1.02. The minimum Gasteiger partial charge on any atom is -0.143 e. The molecule has 0 fully saturated rings. The summed E-state index contributed by atoms with van der Waals surface area (Å²) in [5.41, 5.74) is 2.30. The van der Waals surface area contributed by atoms with Gasteiger partial charge in [-0.1, -0.05) is 151 Å². The molecule has 2 aromatic heterocycles. The first kappa shape index (κ1) is 30.8. The number of fused-ring (bicyclic) bond motifs is 1. The van der Waals surface area contributed by atoms with Gasteiger partial charge in [0.1, 0.15) is 20.0 Å². The number of nitrogens with zero attached hydrogens (tertiary/aromatic N) is 4. The molecule has 2 heterocycles. The van der Waals surface area contributed by atoms with Gasteiger partial charge in [-0.3, -0.25) is 0 Å². The summed E-state index contributed by atoms with van der Waals surface area (Å²) in [6.45, 7) is 4.55. The molecule has 4 nitrogen and oxygen atoms in total. The Morgan fingerprint density at radius 3 is 1.27 bits per heavy atom. The van der Waals surface area contributed by atoms with Crippen molar-refractivity contribution in [3.05, 3.63) is 46.4 Å². The van der Waals surface area contributed by atoms with Gasteiger partial charge in [0.15, 0.2) is 0 Å². The quantitative estimate of drug-likeness (QED) is 0.0982. The summed E-state index contributed by atoms with van der Waals surface area (Å²) in [5, 5.41) is 24.9. The zero-order chi connectivity index (χ0) is 27.8. The van der Waals surface area contributed by atoms with Gasteiger partial charge in [-0.05, 0) is 35.7 Å². The first-order valence-corrected chi connectivity index (χ1v) is 17.6. The second kappa shape index (κ2) is 17.6. The average molecular weight is 577 g/mol. The molecule has 4 aromatic rings. The maximum absolute atomic E-state index is 4.53. The Kier molecular flexibility index (Phi) is 13.5. The Balaban J connectivity index is 1.27. The second-order valence-corrected chi connectivity index (χ2v) is 13.4. The number of hydrogen-bond acceptors (Lipinski definition) is 6. The third kappa shape index (κ3) is 10.0. The highest BCUT2D eigenvalue weighted by molar-refractivity contribution is 7.15. The van der Waals surface area contributed by atoms with E-state index in [1.165, 1.54) is 114 Å². The van der Waals surface area contributed by atoms with Crippen LogP contribution in [0.15, 0.2) is 36.4 Å². The average Bonchev–Trinajstić information content (AvgIpc) is 3.65. The summed E-state index contributed by atoms with van der Waals surface area (Å²) in [7, 11) is 0. The smallest absolute Gasteiger partial charge is 0.143 e. The normalized spacial score (nSPS) is 11.6. The molecule has 0 saturated heterocycles. The van der Waals surface area contributed by atoms with E-state index in [9.17, 15) is 0 Å². The van der Waals surface area contributed by atoms with Crippen molar-refractivity contribution in [2.75, 3.05) is 0 Å². The van der Waals surface area contributed by atoms with Crippen LogP contribution in [0, 0.1) is 0 Å². The summed E-state index contributed by atoms with van der Waals surface area (Å²) in [5.74, 6) is 0. The Morgan fingerprint density at radius 1 is 0.450 bits per heavy atom. The molecule has 0 aliphatic heterocycles. The number of rotatable bonds is 20. The molecule has 0 aliphatic rings. The molecule has 216 valence electrons. The van der Waals surface area contributed by atoms with Crippen molar-refractivity contribution in [2.24, 2.45) is 0 Å². The minimum atomic E-state index is 1.02. The van der Waals surface area contributed by atoms with E-state index in [0.29, 0.717) is 0 Å². The van der Waals surface area contributed by atoms with Gasteiger partial charge in [0.25, 0.3) is 0 Å². The number of benzene rings is 2. The second-order valence-electron chi connectivity index (χ2n) is 11.2. The monoisotopic (exact) mass is 576 g/mol. The molecular weight excluding hydrogens is 529 g/mol.